The van der Waals surface area contributed by atoms with Crippen molar-refractivity contribution in [1.29, 1.82) is 0 Å². The first kappa shape index (κ1) is 11.0. The molecule has 0 saturated heterocycles. The van der Waals surface area contributed by atoms with Gasteiger partial charge in [0.05, 0.1) is 0 Å². The maximum atomic E-state index is 10.8. The quantitative estimate of drug-likeness (QED) is 0.550. The minimum absolute atomic E-state index is 0.166. The highest BCUT2D eigenvalue weighted by Crippen LogP contribution is 2.32. The molecule has 0 aromatic carbocycles. The lowest BCUT2D eigenvalue weighted by atomic mass is 9.80. The van der Waals surface area contributed by atoms with Gasteiger partial charge in [-0.15, -0.1) is 0 Å². The molecule has 2 heteroatoms. The minimum atomic E-state index is 0.166. The Labute approximate surface area is 88.7 Å². The molecule has 0 heterocycles. The van der Waals surface area contributed by atoms with E-state index in [1.807, 2.05) is 0 Å². The van der Waals surface area contributed by atoms with Crippen LogP contribution in [0.5, 0.6) is 0 Å². The Hall–Kier alpha value is -0.110. The number of halogens is 1. The van der Waals surface area contributed by atoms with Crippen molar-refractivity contribution in [2.24, 2.45) is 11.8 Å². The third-order valence-corrected chi connectivity index (χ3v) is 3.58. The lowest BCUT2D eigenvalue weighted by Gasteiger charge is -2.27. The van der Waals surface area contributed by atoms with Crippen LogP contribution in [-0.2, 0) is 4.79 Å². The van der Waals surface area contributed by atoms with E-state index < -0.39 is 0 Å². The number of hydrogen-bond donors (Lipinski definition) is 0. The molecule has 0 aromatic rings. The highest BCUT2D eigenvalue weighted by Gasteiger charge is 2.21. The van der Waals surface area contributed by atoms with Crippen LogP contribution in [0.2, 0.25) is 0 Å². The summed E-state index contributed by atoms with van der Waals surface area (Å²) in [5.41, 5.74) is 0. The lowest BCUT2D eigenvalue weighted by molar-refractivity contribution is -0.112. The molecule has 0 aliphatic heterocycles. The third-order valence-electron chi connectivity index (χ3n) is 2.74. The highest BCUT2D eigenvalue weighted by molar-refractivity contribution is 9.09. The van der Waals surface area contributed by atoms with Crippen molar-refractivity contribution in [2.75, 3.05) is 5.33 Å². The first-order valence-electron chi connectivity index (χ1n) is 4.98. The standard InChI is InChI=1S/C11H17BrO/c1-9(13)6-7-10-4-2-3-5-11(10)8-12/h6-7,10-11H,2-5,8H2,1H3/b7-6+/t10-,11+/m1/s1. The molecule has 74 valence electrons. The predicted octanol–water partition coefficient (Wildman–Crippen LogP) is 3.33. The molecule has 0 unspecified atom stereocenters. The summed E-state index contributed by atoms with van der Waals surface area (Å²) in [6, 6.07) is 0. The van der Waals surface area contributed by atoms with Crippen LogP contribution >= 0.6 is 15.9 Å². The van der Waals surface area contributed by atoms with Gasteiger partial charge in [0.25, 0.3) is 0 Å². The van der Waals surface area contributed by atoms with Gasteiger partial charge >= 0.3 is 0 Å². The smallest absolute Gasteiger partial charge is 0.152 e. The maximum absolute atomic E-state index is 10.8. The summed E-state index contributed by atoms with van der Waals surface area (Å²) in [7, 11) is 0. The maximum Gasteiger partial charge on any atom is 0.152 e. The first-order valence-corrected chi connectivity index (χ1v) is 6.11. The van der Waals surface area contributed by atoms with Gasteiger partial charge in [-0.25, -0.2) is 0 Å². The number of carbonyl (C=O) groups excluding carboxylic acids is 1. The predicted molar refractivity (Wildman–Crippen MR) is 59.1 cm³/mol. The van der Waals surface area contributed by atoms with Crippen LogP contribution in [0, 0.1) is 11.8 Å². The number of ketones is 1. The molecule has 1 rings (SSSR count). The highest BCUT2D eigenvalue weighted by atomic mass is 79.9. The molecule has 1 nitrogen and oxygen atoms in total. The Balaban J connectivity index is 2.49. The SMILES string of the molecule is CC(=O)/C=C/[C@H]1CCCC[C@H]1CBr. The number of allylic oxidation sites excluding steroid dienone is 2. The van der Waals surface area contributed by atoms with Crippen molar-refractivity contribution in [3.63, 3.8) is 0 Å². The Morgan fingerprint density at radius 1 is 1.46 bits per heavy atom. The fourth-order valence-electron chi connectivity index (χ4n) is 1.94. The Bertz CT molecular complexity index is 198. The van der Waals surface area contributed by atoms with Crippen LogP contribution in [0.15, 0.2) is 12.2 Å². The van der Waals surface area contributed by atoms with Crippen molar-refractivity contribution in [3.8, 4) is 0 Å². The van der Waals surface area contributed by atoms with E-state index in [0.29, 0.717) is 5.92 Å². The van der Waals surface area contributed by atoms with E-state index in [4.69, 9.17) is 0 Å². The van der Waals surface area contributed by atoms with Gasteiger partial charge < -0.3 is 0 Å². The van der Waals surface area contributed by atoms with Crippen molar-refractivity contribution in [1.82, 2.24) is 0 Å². The summed E-state index contributed by atoms with van der Waals surface area (Å²) in [6.45, 7) is 1.61. The molecule has 1 saturated carbocycles. The Kier molecular flexibility index (Phi) is 4.71. The van der Waals surface area contributed by atoms with Crippen LogP contribution in [0.4, 0.5) is 0 Å². The molecule has 0 spiro atoms. The zero-order valence-corrected chi connectivity index (χ0v) is 9.72. The summed E-state index contributed by atoms with van der Waals surface area (Å²) in [4.78, 5) is 10.8. The fourth-order valence-corrected chi connectivity index (χ4v) is 2.74. The average molecular weight is 245 g/mol. The van der Waals surface area contributed by atoms with Gasteiger partial charge in [0, 0.05) is 5.33 Å². The first-order chi connectivity index (χ1) is 6.24. The summed E-state index contributed by atoms with van der Waals surface area (Å²) >= 11 is 3.54. The van der Waals surface area contributed by atoms with Crippen molar-refractivity contribution >= 4 is 21.7 Å². The van der Waals surface area contributed by atoms with E-state index in [1.165, 1.54) is 25.7 Å². The zero-order valence-electron chi connectivity index (χ0n) is 8.13. The Morgan fingerprint density at radius 2 is 2.15 bits per heavy atom. The van der Waals surface area contributed by atoms with Gasteiger partial charge in [-0.3, -0.25) is 4.79 Å². The van der Waals surface area contributed by atoms with E-state index in [-0.39, 0.29) is 5.78 Å². The topological polar surface area (TPSA) is 17.1 Å². The monoisotopic (exact) mass is 244 g/mol. The van der Waals surface area contributed by atoms with Crippen molar-refractivity contribution in [3.05, 3.63) is 12.2 Å². The van der Waals surface area contributed by atoms with E-state index in [0.717, 1.165) is 11.2 Å². The second kappa shape index (κ2) is 5.58. The van der Waals surface area contributed by atoms with E-state index >= 15 is 0 Å². The van der Waals surface area contributed by atoms with Gasteiger partial charge in [-0.1, -0.05) is 34.8 Å². The molecule has 0 amide bonds. The minimum Gasteiger partial charge on any atom is -0.295 e. The second-order valence-corrected chi connectivity index (χ2v) is 4.48. The zero-order chi connectivity index (χ0) is 9.68. The molecule has 0 radical (unpaired) electrons. The summed E-state index contributed by atoms with van der Waals surface area (Å²) < 4.78 is 0. The molecule has 2 atom stereocenters. The molecular formula is C11H17BrO. The van der Waals surface area contributed by atoms with Crippen LogP contribution in [0.25, 0.3) is 0 Å². The molecule has 13 heavy (non-hydrogen) atoms. The van der Waals surface area contributed by atoms with E-state index in [9.17, 15) is 4.79 Å². The van der Waals surface area contributed by atoms with Gasteiger partial charge in [0.2, 0.25) is 0 Å². The number of alkyl halides is 1. The number of carbonyl (C=O) groups is 1. The molecule has 0 N–H and O–H groups in total. The summed E-state index contributed by atoms with van der Waals surface area (Å²) in [5, 5.41) is 1.07. The molecule has 1 aliphatic carbocycles. The number of hydrogen-bond acceptors (Lipinski definition) is 1. The van der Waals surface area contributed by atoms with Crippen LogP contribution in [0.3, 0.4) is 0 Å². The van der Waals surface area contributed by atoms with Crippen molar-refractivity contribution < 1.29 is 4.79 Å². The Morgan fingerprint density at radius 3 is 2.77 bits per heavy atom. The third kappa shape index (κ3) is 3.63. The molecule has 1 aliphatic rings. The van der Waals surface area contributed by atoms with Gasteiger partial charge in [-0.2, -0.15) is 0 Å². The van der Waals surface area contributed by atoms with Gasteiger partial charge in [-0.05, 0) is 37.7 Å². The van der Waals surface area contributed by atoms with Crippen LogP contribution in [-0.4, -0.2) is 11.1 Å². The lowest BCUT2D eigenvalue weighted by Crippen LogP contribution is -2.18. The molecule has 0 bridgehead atoms. The van der Waals surface area contributed by atoms with E-state index in [1.54, 1.807) is 13.0 Å². The summed E-state index contributed by atoms with van der Waals surface area (Å²) in [5.74, 6) is 1.53. The van der Waals surface area contributed by atoms with Crippen LogP contribution in [0.1, 0.15) is 32.6 Å². The normalized spacial score (nSPS) is 29.4. The van der Waals surface area contributed by atoms with Crippen molar-refractivity contribution in [2.45, 2.75) is 32.6 Å². The number of rotatable bonds is 3. The summed E-state index contributed by atoms with van der Waals surface area (Å²) in [6.07, 6.45) is 9.05. The average Bonchev–Trinajstić information content (AvgIpc) is 2.15. The fraction of sp³-hybridized carbons (Fsp3) is 0.727. The second-order valence-electron chi connectivity index (χ2n) is 3.83. The van der Waals surface area contributed by atoms with Crippen LogP contribution < -0.4 is 0 Å². The largest absolute Gasteiger partial charge is 0.295 e. The van der Waals surface area contributed by atoms with Gasteiger partial charge in [0.15, 0.2) is 5.78 Å². The van der Waals surface area contributed by atoms with Gasteiger partial charge in [0.1, 0.15) is 0 Å². The molecule has 0 aromatic heterocycles. The molecule has 1 fully saturated rings. The van der Waals surface area contributed by atoms with E-state index in [2.05, 4.69) is 22.0 Å². The molecular weight excluding hydrogens is 228 g/mol.